The van der Waals surface area contributed by atoms with E-state index in [9.17, 15) is 0 Å². The van der Waals surface area contributed by atoms with Crippen molar-refractivity contribution in [3.63, 3.8) is 0 Å². The van der Waals surface area contributed by atoms with Crippen molar-refractivity contribution in [2.75, 3.05) is 0 Å². The number of hydrogen-bond acceptors (Lipinski definition) is 3. The van der Waals surface area contributed by atoms with Gasteiger partial charge in [0.1, 0.15) is 33.5 Å². The van der Waals surface area contributed by atoms with Crippen LogP contribution in [0, 0.1) is 0 Å². The van der Waals surface area contributed by atoms with Crippen molar-refractivity contribution < 1.29 is 33.8 Å². The van der Waals surface area contributed by atoms with Crippen LogP contribution in [0.25, 0.3) is 286 Å². The average Bonchev–Trinajstić information content (AvgIpc) is 1.30. The molecule has 0 aliphatic rings. The molecule has 29 aromatic rings. The summed E-state index contributed by atoms with van der Waals surface area (Å²) in [5.41, 5.74) is 28.8. The fourth-order valence-electron chi connectivity index (χ4n) is 22.3. The lowest BCUT2D eigenvalue weighted by atomic mass is 9.84. The van der Waals surface area contributed by atoms with Gasteiger partial charge >= 0.3 is 0 Å². The zero-order chi connectivity index (χ0) is 109. The summed E-state index contributed by atoms with van der Waals surface area (Å²) in [6.45, 7) is 0. The van der Waals surface area contributed by atoms with Crippen LogP contribution in [-0.4, -0.2) is 0 Å². The lowest BCUT2D eigenvalue weighted by molar-refractivity contribution is 0.668. The van der Waals surface area contributed by atoms with Crippen molar-refractivity contribution >= 4 is 141 Å². The molecule has 3 heterocycles. The maximum atomic E-state index is 8.96. The summed E-state index contributed by atoms with van der Waals surface area (Å²) in [6.07, 6.45) is 0. The van der Waals surface area contributed by atoms with E-state index in [1.165, 1.54) is 10.8 Å². The highest BCUT2D eigenvalue weighted by Gasteiger charge is 2.27. The fourth-order valence-corrected chi connectivity index (χ4v) is 22.3. The minimum Gasteiger partial charge on any atom is -0.456 e. The van der Waals surface area contributed by atoms with Gasteiger partial charge in [0, 0.05) is 43.4 Å². The first-order chi connectivity index (χ1) is 78.2. The zero-order valence-electron chi connectivity index (χ0n) is 93.0. The van der Waals surface area contributed by atoms with Crippen LogP contribution < -0.4 is 0 Å². The molecule has 0 saturated heterocycles. The van der Waals surface area contributed by atoms with Crippen LogP contribution in [0.5, 0.6) is 0 Å². The molecule has 26 aromatic carbocycles. The van der Waals surface area contributed by atoms with E-state index < -0.39 is 18.1 Å². The Labute approximate surface area is 882 Å². The molecule has 0 spiro atoms. The first-order valence-corrected chi connectivity index (χ1v) is 48.6. The molecule has 148 heavy (non-hydrogen) atoms. The smallest absolute Gasteiger partial charge is 0.136 e. The predicted molar refractivity (Wildman–Crippen MR) is 635 cm³/mol. The van der Waals surface area contributed by atoms with Gasteiger partial charge in [-0.3, -0.25) is 0 Å². The Morgan fingerprint density at radius 3 is 0.838 bits per heavy atom. The van der Waals surface area contributed by atoms with E-state index in [1.807, 2.05) is 176 Å². The van der Waals surface area contributed by atoms with Gasteiger partial charge in [-0.2, -0.15) is 0 Å². The first kappa shape index (κ1) is 75.7. The topological polar surface area (TPSA) is 39.4 Å². The van der Waals surface area contributed by atoms with Crippen molar-refractivity contribution in [3.8, 4) is 145 Å². The molecule has 0 N–H and O–H groups in total. The maximum Gasteiger partial charge on any atom is 0.136 e. The summed E-state index contributed by atoms with van der Waals surface area (Å²) < 4.78 is 148. The van der Waals surface area contributed by atoms with Gasteiger partial charge in [-0.05, 0) is 282 Å². The van der Waals surface area contributed by atoms with Crippen LogP contribution in [0.1, 0.15) is 42.8 Å². The van der Waals surface area contributed by atoms with Gasteiger partial charge in [-0.15, -0.1) is 0 Å². The van der Waals surface area contributed by atoms with E-state index >= 15 is 0 Å². The second kappa shape index (κ2) is 39.0. The van der Waals surface area contributed by atoms with Gasteiger partial charge in [0.05, 0.1) is 20.6 Å². The largest absolute Gasteiger partial charge is 0.456 e. The molecule has 0 aliphatic heterocycles. The zero-order valence-corrected chi connectivity index (χ0v) is 78.0. The highest BCUT2D eigenvalue weighted by atomic mass is 16.3. The lowest BCUT2D eigenvalue weighted by Gasteiger charge is -2.19. The van der Waals surface area contributed by atoms with E-state index in [1.54, 1.807) is 0 Å². The van der Waals surface area contributed by atoms with E-state index in [-0.39, 0.29) is 111 Å². The third kappa shape index (κ3) is 16.0. The molecule has 0 amide bonds. The van der Waals surface area contributed by atoms with E-state index in [0.29, 0.717) is 16.7 Å². The molecule has 0 aliphatic carbocycles. The van der Waals surface area contributed by atoms with Crippen LogP contribution in [-0.2, 0) is 0 Å². The van der Waals surface area contributed by atoms with Crippen molar-refractivity contribution in [1.82, 2.24) is 0 Å². The lowest BCUT2D eigenvalue weighted by Crippen LogP contribution is -1.92. The van der Waals surface area contributed by atoms with Gasteiger partial charge in [0.2, 0.25) is 0 Å². The molecule has 3 aromatic heterocycles. The Balaban J connectivity index is 0.000000126. The highest BCUT2D eigenvalue weighted by Crippen LogP contribution is 2.54. The number of rotatable bonds is 13. The second-order valence-electron chi connectivity index (χ2n) is 36.5. The quantitative estimate of drug-likeness (QED) is 0.108. The Hall–Kier alpha value is -19.1. The highest BCUT2D eigenvalue weighted by molar-refractivity contribution is 6.27. The number of benzene rings is 26. The fraction of sp³-hybridized carbons (Fsp3) is 0.0207. The van der Waals surface area contributed by atoms with Gasteiger partial charge in [0.25, 0.3) is 0 Å². The Kier molecular flexibility index (Phi) is 20.0. The molecule has 3 nitrogen and oxygen atoms in total. The molecular formula is C145H102O3. The molecule has 29 rings (SSSR count). The standard InChI is InChI=1S/C50H32O.C48H30O.C44H28O.3CH4/c1-3-16-33(17-4-1)37-22-7-8-23-38(37)43-30-31-46-50(44-28-13-14-29-45(44)51-46)49(43)36-21-15-20-35(32-36)48-41-26-11-9-24-39(41)47(34-18-5-2-6-19-34)40-25-10-12-27-42(40)48;1-2-14-32(15-3-1)45-38-19-6-8-21-40(38)46(41-22-9-7-20-39(41)45)35-17-12-18-36(30-35)47-37(34-26-25-31-13-4-5-16-33(31)29-34)27-28-44-48(47)42-23-10-11-24-43(42)49-44;1-3-13-29(14-4-1)31-25-26-40-39(28-31)44-34(23-12-24-41(44)45-40)32-17-11-18-33(27-32)43-37-21-9-7-19-35(37)42(30-15-5-2-6-16-30)36-20-8-10-22-38(36)43;;;/h1-32H;1-30H;1-28H;3*1H4/i2D,5D,6D,18D,19D;1D,2D,3D,14D,15D;2D,5D,6D,15D,16D;;;. The molecule has 0 fully saturated rings. The SMILES string of the molecule is C.C.C.[2H]c1c([2H])c([2H])c(-c2c3ccccc3c(-c3cccc(-c4c(-c5ccc6ccccc6c5)ccc5oc6ccccc6c45)c3)c3ccccc23)c([2H])c1[2H].[2H]c1c([2H])c([2H])c(-c2c3ccccc3c(-c3cccc(-c4c(-c5ccccc5-c5ccccc5)ccc5oc6ccccc6c45)c3)c3ccccc23)c([2H])c1[2H].[2H]c1c([2H])c([2H])c(-c2c3ccccc3c(-c3cccc(-c4cccc5oc6ccc(-c7ccccc7)cc6c45)c3)c3ccccc23)c([2H])c1[2H]. The summed E-state index contributed by atoms with van der Waals surface area (Å²) in [5, 5.41) is 19.1. The van der Waals surface area contributed by atoms with Gasteiger partial charge in [-0.25, -0.2) is 0 Å². The monoisotopic (exact) mass is 1910 g/mol. The molecule has 0 saturated carbocycles. The normalized spacial score (nSPS) is 12.8. The molecule has 0 atom stereocenters. The first-order valence-electron chi connectivity index (χ1n) is 56.1. The van der Waals surface area contributed by atoms with Crippen LogP contribution in [0.3, 0.4) is 0 Å². The maximum absolute atomic E-state index is 8.96. The Bertz CT molecular complexity index is 10900. The predicted octanol–water partition coefficient (Wildman–Crippen LogP) is 42.4. The minimum absolute atomic E-state index is 0. The number of hydrogen-bond donors (Lipinski definition) is 0. The summed E-state index contributed by atoms with van der Waals surface area (Å²) >= 11 is 0. The number of fused-ring (bicyclic) bond motifs is 16. The molecule has 0 radical (unpaired) electrons. The van der Waals surface area contributed by atoms with Gasteiger partial charge < -0.3 is 13.3 Å². The van der Waals surface area contributed by atoms with Crippen molar-refractivity contribution in [1.29, 1.82) is 0 Å². The summed E-state index contributed by atoms with van der Waals surface area (Å²) in [7, 11) is 0. The van der Waals surface area contributed by atoms with Crippen molar-refractivity contribution in [3.05, 3.63) is 546 Å². The number of para-hydroxylation sites is 2. The van der Waals surface area contributed by atoms with Crippen molar-refractivity contribution in [2.24, 2.45) is 0 Å². The van der Waals surface area contributed by atoms with Crippen LogP contribution in [0.2, 0.25) is 0 Å². The molecule has 3 heteroatoms. The van der Waals surface area contributed by atoms with Gasteiger partial charge in [0.15, 0.2) is 0 Å². The van der Waals surface area contributed by atoms with Crippen LogP contribution >= 0.6 is 0 Å². The second-order valence-corrected chi connectivity index (χ2v) is 36.5. The van der Waals surface area contributed by atoms with Gasteiger partial charge in [-0.1, -0.05) is 495 Å². The van der Waals surface area contributed by atoms with E-state index in [4.69, 9.17) is 33.8 Å². The van der Waals surface area contributed by atoms with E-state index in [2.05, 4.69) is 279 Å². The molecular weight excluding hydrogens is 1790 g/mol. The minimum atomic E-state index is -0.406. The Morgan fingerprint density at radius 1 is 0.128 bits per heavy atom. The van der Waals surface area contributed by atoms with E-state index in [0.717, 1.165) is 242 Å². The summed E-state index contributed by atoms with van der Waals surface area (Å²) in [4.78, 5) is 0. The van der Waals surface area contributed by atoms with Crippen LogP contribution in [0.4, 0.5) is 0 Å². The average molecular weight is 1910 g/mol. The Morgan fingerprint density at radius 2 is 0.405 bits per heavy atom. The summed E-state index contributed by atoms with van der Waals surface area (Å²) in [6, 6.07) is 151. The molecule has 0 unspecified atom stereocenters. The third-order valence-corrected chi connectivity index (χ3v) is 28.4. The van der Waals surface area contributed by atoms with Crippen molar-refractivity contribution in [2.45, 2.75) is 22.3 Å². The summed E-state index contributed by atoms with van der Waals surface area (Å²) in [5.74, 6) is 0. The third-order valence-electron chi connectivity index (χ3n) is 28.4. The number of furan rings is 3. The molecule has 700 valence electrons. The molecule has 0 bridgehead atoms. The van der Waals surface area contributed by atoms with Crippen LogP contribution in [0.15, 0.2) is 559 Å².